The molecule has 1 aliphatic heterocycles. The minimum atomic E-state index is -0.294. The van der Waals surface area contributed by atoms with Crippen molar-refractivity contribution < 1.29 is 13.9 Å². The standard InChI is InChI=1S/C20H26FN5O2/c1-22-20(24-12-14-6-7-16(27-2)11-18(14)28-3)25-15-8-10-26(13-15)19-17(21)5-4-9-23-19/h4-7,9,11,15H,8,10,12-13H2,1-3H3,(H2,22,24,25). The van der Waals surface area contributed by atoms with Crippen molar-refractivity contribution in [1.82, 2.24) is 15.6 Å². The van der Waals surface area contributed by atoms with Gasteiger partial charge in [0.1, 0.15) is 11.5 Å². The predicted octanol–water partition coefficient (Wildman–Crippen LogP) is 2.18. The average molecular weight is 387 g/mol. The highest BCUT2D eigenvalue weighted by Gasteiger charge is 2.25. The van der Waals surface area contributed by atoms with E-state index in [0.717, 1.165) is 30.0 Å². The molecule has 1 atom stereocenters. The molecule has 0 saturated carbocycles. The molecule has 1 unspecified atom stereocenters. The fraction of sp³-hybridized carbons (Fsp3) is 0.400. The maximum Gasteiger partial charge on any atom is 0.191 e. The van der Waals surface area contributed by atoms with Crippen LogP contribution in [-0.2, 0) is 6.54 Å². The second-order valence-electron chi connectivity index (χ2n) is 6.49. The minimum absolute atomic E-state index is 0.158. The molecule has 1 aromatic carbocycles. The lowest BCUT2D eigenvalue weighted by Crippen LogP contribution is -2.44. The highest BCUT2D eigenvalue weighted by molar-refractivity contribution is 5.80. The fourth-order valence-electron chi connectivity index (χ4n) is 3.25. The summed E-state index contributed by atoms with van der Waals surface area (Å²) in [6, 6.07) is 8.90. The lowest BCUT2D eigenvalue weighted by molar-refractivity contribution is 0.390. The summed E-state index contributed by atoms with van der Waals surface area (Å²) in [6.45, 7) is 1.97. The Bertz CT molecular complexity index is 830. The second-order valence-corrected chi connectivity index (χ2v) is 6.49. The molecule has 7 nitrogen and oxygen atoms in total. The number of aromatic nitrogens is 1. The molecule has 0 spiro atoms. The molecule has 0 aliphatic carbocycles. The highest BCUT2D eigenvalue weighted by atomic mass is 19.1. The molecule has 150 valence electrons. The molecule has 2 aromatic rings. The number of hydrogen-bond donors (Lipinski definition) is 2. The van der Waals surface area contributed by atoms with Gasteiger partial charge in [-0.2, -0.15) is 0 Å². The van der Waals surface area contributed by atoms with Crippen molar-refractivity contribution in [3.8, 4) is 11.5 Å². The number of ether oxygens (including phenoxy) is 2. The summed E-state index contributed by atoms with van der Waals surface area (Å²) in [5.74, 6) is 2.29. The molecule has 3 rings (SSSR count). The van der Waals surface area contributed by atoms with E-state index in [0.29, 0.717) is 24.9 Å². The van der Waals surface area contributed by atoms with Gasteiger partial charge in [0.05, 0.1) is 14.2 Å². The molecule has 2 N–H and O–H groups in total. The van der Waals surface area contributed by atoms with Gasteiger partial charge in [0.15, 0.2) is 17.6 Å². The Hall–Kier alpha value is -3.03. The van der Waals surface area contributed by atoms with Gasteiger partial charge in [-0.3, -0.25) is 4.99 Å². The lowest BCUT2D eigenvalue weighted by atomic mass is 10.2. The van der Waals surface area contributed by atoms with E-state index >= 15 is 0 Å². The highest BCUT2D eigenvalue weighted by Crippen LogP contribution is 2.24. The van der Waals surface area contributed by atoms with Crippen LogP contribution in [0.25, 0.3) is 0 Å². The van der Waals surface area contributed by atoms with E-state index < -0.39 is 0 Å². The van der Waals surface area contributed by atoms with Gasteiger partial charge in [-0.05, 0) is 30.7 Å². The van der Waals surface area contributed by atoms with E-state index in [-0.39, 0.29) is 11.9 Å². The van der Waals surface area contributed by atoms with Crippen molar-refractivity contribution in [2.24, 2.45) is 4.99 Å². The van der Waals surface area contributed by atoms with Gasteiger partial charge < -0.3 is 25.0 Å². The SMILES string of the molecule is CN=C(NCc1ccc(OC)cc1OC)NC1CCN(c2ncccc2F)C1. The van der Waals surface area contributed by atoms with Gasteiger partial charge in [-0.1, -0.05) is 0 Å². The Labute approximate surface area is 164 Å². The maximum absolute atomic E-state index is 13.9. The third kappa shape index (κ3) is 4.62. The lowest BCUT2D eigenvalue weighted by Gasteiger charge is -2.20. The Morgan fingerprint density at radius 1 is 1.32 bits per heavy atom. The quantitative estimate of drug-likeness (QED) is 0.585. The molecule has 28 heavy (non-hydrogen) atoms. The fourth-order valence-corrected chi connectivity index (χ4v) is 3.25. The zero-order valence-corrected chi connectivity index (χ0v) is 16.4. The van der Waals surface area contributed by atoms with Crippen molar-refractivity contribution in [3.05, 3.63) is 47.9 Å². The summed E-state index contributed by atoms with van der Waals surface area (Å²) in [4.78, 5) is 10.4. The Morgan fingerprint density at radius 2 is 2.18 bits per heavy atom. The molecule has 1 aromatic heterocycles. The summed E-state index contributed by atoms with van der Waals surface area (Å²) in [5.41, 5.74) is 0.995. The van der Waals surface area contributed by atoms with E-state index in [1.807, 2.05) is 23.1 Å². The van der Waals surface area contributed by atoms with E-state index in [1.54, 1.807) is 33.5 Å². The summed E-state index contributed by atoms with van der Waals surface area (Å²) < 4.78 is 24.6. The molecule has 1 saturated heterocycles. The number of pyridine rings is 1. The zero-order chi connectivity index (χ0) is 19.9. The number of benzene rings is 1. The van der Waals surface area contributed by atoms with Crippen LogP contribution in [-0.4, -0.2) is 51.3 Å². The Balaban J connectivity index is 1.56. The predicted molar refractivity (Wildman–Crippen MR) is 108 cm³/mol. The number of anilines is 1. The van der Waals surface area contributed by atoms with Crippen molar-refractivity contribution >= 4 is 11.8 Å². The van der Waals surface area contributed by atoms with Crippen molar-refractivity contribution in [1.29, 1.82) is 0 Å². The van der Waals surface area contributed by atoms with Crippen LogP contribution < -0.4 is 25.0 Å². The van der Waals surface area contributed by atoms with Gasteiger partial charge in [-0.15, -0.1) is 0 Å². The van der Waals surface area contributed by atoms with Gasteiger partial charge in [0, 0.05) is 50.6 Å². The number of methoxy groups -OCH3 is 2. The molecule has 1 aliphatic rings. The van der Waals surface area contributed by atoms with E-state index in [9.17, 15) is 4.39 Å². The average Bonchev–Trinajstić information content (AvgIpc) is 3.19. The second kappa shape index (κ2) is 9.25. The number of nitrogens with one attached hydrogen (secondary N) is 2. The van der Waals surface area contributed by atoms with Crippen molar-refractivity contribution in [2.75, 3.05) is 39.3 Å². The largest absolute Gasteiger partial charge is 0.497 e. The first-order valence-electron chi connectivity index (χ1n) is 9.18. The monoisotopic (exact) mass is 387 g/mol. The first kappa shape index (κ1) is 19.7. The zero-order valence-electron chi connectivity index (χ0n) is 16.4. The molecular formula is C20H26FN5O2. The van der Waals surface area contributed by atoms with Crippen LogP contribution in [0.15, 0.2) is 41.5 Å². The first-order chi connectivity index (χ1) is 13.6. The van der Waals surface area contributed by atoms with Crippen molar-refractivity contribution in [2.45, 2.75) is 19.0 Å². The summed E-state index contributed by atoms with van der Waals surface area (Å²) in [5, 5.41) is 6.70. The summed E-state index contributed by atoms with van der Waals surface area (Å²) in [7, 11) is 4.99. The molecule has 0 bridgehead atoms. The first-order valence-corrected chi connectivity index (χ1v) is 9.18. The van der Waals surface area contributed by atoms with Crippen LogP contribution in [0.1, 0.15) is 12.0 Å². The third-order valence-electron chi connectivity index (χ3n) is 4.73. The van der Waals surface area contributed by atoms with Crippen LogP contribution in [0.3, 0.4) is 0 Å². The third-order valence-corrected chi connectivity index (χ3v) is 4.73. The van der Waals surface area contributed by atoms with Gasteiger partial charge in [0.2, 0.25) is 0 Å². The van der Waals surface area contributed by atoms with E-state index in [1.165, 1.54) is 6.07 Å². The molecule has 1 fully saturated rings. The summed E-state index contributed by atoms with van der Waals surface area (Å²) in [6.07, 6.45) is 2.49. The molecular weight excluding hydrogens is 361 g/mol. The van der Waals surface area contributed by atoms with Gasteiger partial charge >= 0.3 is 0 Å². The van der Waals surface area contributed by atoms with E-state index in [4.69, 9.17) is 9.47 Å². The summed E-state index contributed by atoms with van der Waals surface area (Å²) >= 11 is 0. The Kier molecular flexibility index (Phi) is 6.52. The van der Waals surface area contributed by atoms with E-state index in [2.05, 4.69) is 20.6 Å². The topological polar surface area (TPSA) is 71.0 Å². The normalized spacial score (nSPS) is 16.8. The number of halogens is 1. The molecule has 0 amide bonds. The van der Waals surface area contributed by atoms with Crippen LogP contribution in [0, 0.1) is 5.82 Å². The smallest absolute Gasteiger partial charge is 0.191 e. The number of nitrogens with zero attached hydrogens (tertiary/aromatic N) is 3. The molecule has 8 heteroatoms. The van der Waals surface area contributed by atoms with Crippen LogP contribution in [0.2, 0.25) is 0 Å². The van der Waals surface area contributed by atoms with Crippen LogP contribution in [0.4, 0.5) is 10.2 Å². The number of rotatable bonds is 6. The number of guanidine groups is 1. The Morgan fingerprint density at radius 3 is 2.89 bits per heavy atom. The van der Waals surface area contributed by atoms with Crippen molar-refractivity contribution in [3.63, 3.8) is 0 Å². The van der Waals surface area contributed by atoms with Crippen LogP contribution in [0.5, 0.6) is 11.5 Å². The molecule has 0 radical (unpaired) electrons. The van der Waals surface area contributed by atoms with Gasteiger partial charge in [-0.25, -0.2) is 9.37 Å². The van der Waals surface area contributed by atoms with Crippen LogP contribution >= 0.6 is 0 Å². The maximum atomic E-state index is 13.9. The van der Waals surface area contributed by atoms with Gasteiger partial charge in [0.25, 0.3) is 0 Å². The molecule has 2 heterocycles. The minimum Gasteiger partial charge on any atom is -0.497 e. The number of hydrogen-bond acceptors (Lipinski definition) is 5. The number of aliphatic imine (C=N–C) groups is 1.